The number of ether oxygens (including phenoxy) is 1. The number of hydrogen-bond donors (Lipinski definition) is 1. The zero-order valence-corrected chi connectivity index (χ0v) is 8.43. The summed E-state index contributed by atoms with van der Waals surface area (Å²) in [6, 6.07) is 3.32. The molecule has 1 heterocycles. The summed E-state index contributed by atoms with van der Waals surface area (Å²) in [7, 11) is 0. The Kier molecular flexibility index (Phi) is 2.14. The molecule has 70 valence electrons. The van der Waals surface area contributed by atoms with E-state index in [1.165, 1.54) is 0 Å². The molecule has 2 nitrogen and oxygen atoms in total. The van der Waals surface area contributed by atoms with Crippen LogP contribution in [0.2, 0.25) is 10.0 Å². The van der Waals surface area contributed by atoms with E-state index in [2.05, 4.69) is 0 Å². The first kappa shape index (κ1) is 9.13. The smallest absolute Gasteiger partial charge is 0.145 e. The average molecular weight is 219 g/mol. The van der Waals surface area contributed by atoms with E-state index in [1.54, 1.807) is 19.1 Å². The summed E-state index contributed by atoms with van der Waals surface area (Å²) < 4.78 is 5.36. The van der Waals surface area contributed by atoms with Crippen molar-refractivity contribution in [2.24, 2.45) is 0 Å². The van der Waals surface area contributed by atoms with Crippen molar-refractivity contribution >= 4 is 23.2 Å². The van der Waals surface area contributed by atoms with Crippen LogP contribution in [-0.2, 0) is 0 Å². The van der Waals surface area contributed by atoms with Gasteiger partial charge in [-0.15, -0.1) is 0 Å². The van der Waals surface area contributed by atoms with Crippen LogP contribution in [0.15, 0.2) is 12.1 Å². The fourth-order valence-corrected chi connectivity index (χ4v) is 1.90. The second-order valence-corrected chi connectivity index (χ2v) is 3.85. The third-order valence-corrected chi connectivity index (χ3v) is 2.77. The zero-order chi connectivity index (χ0) is 9.59. The first-order valence-corrected chi connectivity index (χ1v) is 4.69. The van der Waals surface area contributed by atoms with Gasteiger partial charge in [-0.3, -0.25) is 0 Å². The molecule has 1 aromatic rings. The second kappa shape index (κ2) is 3.05. The molecule has 13 heavy (non-hydrogen) atoms. The predicted octanol–water partition coefficient (Wildman–Crippen LogP) is 2.81. The molecule has 2 rings (SSSR count). The third-order valence-electron chi connectivity index (χ3n) is 2.14. The van der Waals surface area contributed by atoms with Gasteiger partial charge in [-0.05, 0) is 19.1 Å². The molecule has 0 saturated carbocycles. The molecule has 4 heteroatoms. The van der Waals surface area contributed by atoms with Crippen molar-refractivity contribution in [2.45, 2.75) is 19.1 Å². The van der Waals surface area contributed by atoms with E-state index in [1.807, 2.05) is 0 Å². The monoisotopic (exact) mass is 218 g/mol. The highest BCUT2D eigenvalue weighted by Crippen LogP contribution is 2.45. The minimum absolute atomic E-state index is 0.285. The maximum Gasteiger partial charge on any atom is 0.145 e. The maximum atomic E-state index is 9.69. The number of aliphatic hydroxyl groups excluding tert-OH is 1. The third kappa shape index (κ3) is 1.30. The summed E-state index contributed by atoms with van der Waals surface area (Å²) in [6.45, 7) is 1.78. The highest BCUT2D eigenvalue weighted by molar-refractivity contribution is 6.35. The fraction of sp³-hybridized carbons (Fsp3) is 0.333. The van der Waals surface area contributed by atoms with Crippen LogP contribution in [0.5, 0.6) is 5.75 Å². The minimum Gasteiger partial charge on any atom is -0.486 e. The SMILES string of the molecule is CC1Oc2c(Cl)ccc(Cl)c2C1O. The van der Waals surface area contributed by atoms with Crippen molar-refractivity contribution in [1.82, 2.24) is 0 Å². The molecule has 1 N–H and O–H groups in total. The molecule has 2 unspecified atom stereocenters. The van der Waals surface area contributed by atoms with E-state index in [0.29, 0.717) is 21.4 Å². The molecule has 1 aliphatic rings. The average Bonchev–Trinajstić information content (AvgIpc) is 2.38. The van der Waals surface area contributed by atoms with Crippen molar-refractivity contribution in [2.75, 3.05) is 0 Å². The molecule has 0 aliphatic carbocycles. The molecule has 0 fully saturated rings. The fourth-order valence-electron chi connectivity index (χ4n) is 1.43. The van der Waals surface area contributed by atoms with Crippen LogP contribution >= 0.6 is 23.2 Å². The van der Waals surface area contributed by atoms with Gasteiger partial charge in [0.15, 0.2) is 0 Å². The van der Waals surface area contributed by atoms with Crippen molar-refractivity contribution < 1.29 is 9.84 Å². The number of rotatable bonds is 0. The lowest BCUT2D eigenvalue weighted by Crippen LogP contribution is -2.12. The Labute approximate surface area is 86.0 Å². The van der Waals surface area contributed by atoms with Crippen molar-refractivity contribution in [3.8, 4) is 5.75 Å². The van der Waals surface area contributed by atoms with Gasteiger partial charge in [-0.1, -0.05) is 23.2 Å². The molecule has 0 spiro atoms. The Bertz CT molecular complexity index is 352. The van der Waals surface area contributed by atoms with Crippen LogP contribution in [0.1, 0.15) is 18.6 Å². The molecule has 2 atom stereocenters. The van der Waals surface area contributed by atoms with Crippen LogP contribution in [0.3, 0.4) is 0 Å². The molecule has 1 aliphatic heterocycles. The van der Waals surface area contributed by atoms with Gasteiger partial charge in [0.1, 0.15) is 18.0 Å². The minimum atomic E-state index is -0.679. The quantitative estimate of drug-likeness (QED) is 0.726. The van der Waals surface area contributed by atoms with Crippen LogP contribution < -0.4 is 4.74 Å². The van der Waals surface area contributed by atoms with Gasteiger partial charge in [0.25, 0.3) is 0 Å². The summed E-state index contributed by atoms with van der Waals surface area (Å²) >= 11 is 11.8. The molecule has 0 radical (unpaired) electrons. The van der Waals surface area contributed by atoms with E-state index in [0.717, 1.165) is 0 Å². The number of hydrogen-bond acceptors (Lipinski definition) is 2. The highest BCUT2D eigenvalue weighted by Gasteiger charge is 2.33. The number of halogens is 2. The Hall–Kier alpha value is -0.440. The standard InChI is InChI=1S/C9H8Cl2O2/c1-4-8(12)7-5(10)2-3-6(11)9(7)13-4/h2-4,8,12H,1H3. The predicted molar refractivity (Wildman–Crippen MR) is 51.5 cm³/mol. The summed E-state index contributed by atoms with van der Waals surface area (Å²) in [5.41, 5.74) is 0.599. The van der Waals surface area contributed by atoms with Crippen molar-refractivity contribution in [3.63, 3.8) is 0 Å². The van der Waals surface area contributed by atoms with Crippen LogP contribution in [-0.4, -0.2) is 11.2 Å². The van der Waals surface area contributed by atoms with Crippen molar-refractivity contribution in [1.29, 1.82) is 0 Å². The van der Waals surface area contributed by atoms with Crippen LogP contribution in [0, 0.1) is 0 Å². The van der Waals surface area contributed by atoms with E-state index in [4.69, 9.17) is 27.9 Å². The summed E-state index contributed by atoms with van der Waals surface area (Å²) in [5.74, 6) is 0.508. The normalized spacial score (nSPS) is 25.5. The Morgan fingerprint density at radius 3 is 2.54 bits per heavy atom. The number of fused-ring (bicyclic) bond motifs is 1. The number of benzene rings is 1. The Morgan fingerprint density at radius 1 is 1.31 bits per heavy atom. The van der Waals surface area contributed by atoms with Gasteiger partial charge in [0, 0.05) is 5.56 Å². The first-order chi connectivity index (χ1) is 6.11. The van der Waals surface area contributed by atoms with Gasteiger partial charge in [0.05, 0.1) is 10.0 Å². The van der Waals surface area contributed by atoms with E-state index < -0.39 is 6.10 Å². The lowest BCUT2D eigenvalue weighted by molar-refractivity contribution is 0.0796. The van der Waals surface area contributed by atoms with Gasteiger partial charge >= 0.3 is 0 Å². The van der Waals surface area contributed by atoms with Crippen molar-refractivity contribution in [3.05, 3.63) is 27.7 Å². The Morgan fingerprint density at radius 2 is 1.92 bits per heavy atom. The largest absolute Gasteiger partial charge is 0.486 e. The summed E-state index contributed by atoms with van der Waals surface area (Å²) in [5, 5.41) is 10.7. The van der Waals surface area contributed by atoms with E-state index >= 15 is 0 Å². The molecule has 0 amide bonds. The molecule has 1 aromatic carbocycles. The summed E-state index contributed by atoms with van der Waals surface area (Å²) in [6.07, 6.45) is -0.964. The topological polar surface area (TPSA) is 29.5 Å². The summed E-state index contributed by atoms with van der Waals surface area (Å²) in [4.78, 5) is 0. The highest BCUT2D eigenvalue weighted by atomic mass is 35.5. The molecule has 0 saturated heterocycles. The zero-order valence-electron chi connectivity index (χ0n) is 6.92. The lowest BCUT2D eigenvalue weighted by Gasteiger charge is -2.06. The number of aliphatic hydroxyl groups is 1. The maximum absolute atomic E-state index is 9.69. The Balaban J connectivity index is 2.61. The first-order valence-electron chi connectivity index (χ1n) is 3.94. The van der Waals surface area contributed by atoms with Gasteiger partial charge < -0.3 is 9.84 Å². The molecular formula is C9H8Cl2O2. The van der Waals surface area contributed by atoms with E-state index in [-0.39, 0.29) is 6.10 Å². The lowest BCUT2D eigenvalue weighted by atomic mass is 10.1. The molecular weight excluding hydrogens is 211 g/mol. The van der Waals surface area contributed by atoms with Crippen LogP contribution in [0.4, 0.5) is 0 Å². The van der Waals surface area contributed by atoms with Gasteiger partial charge in [-0.2, -0.15) is 0 Å². The van der Waals surface area contributed by atoms with Gasteiger partial charge in [0.2, 0.25) is 0 Å². The van der Waals surface area contributed by atoms with Crippen LogP contribution in [0.25, 0.3) is 0 Å². The second-order valence-electron chi connectivity index (χ2n) is 3.04. The van der Waals surface area contributed by atoms with E-state index in [9.17, 15) is 5.11 Å². The molecule has 0 bridgehead atoms. The molecule has 0 aromatic heterocycles. The van der Waals surface area contributed by atoms with Gasteiger partial charge in [-0.25, -0.2) is 0 Å².